The summed E-state index contributed by atoms with van der Waals surface area (Å²) in [6, 6.07) is 15.0. The largest absolute Gasteiger partial charge is 0.450 e. The van der Waals surface area contributed by atoms with Gasteiger partial charge in [-0.2, -0.15) is 0 Å². The SMILES string of the molecule is Cc1c(Cl)c(Br)cc2c(C(=O)OC(CCCl)C(=O)c3ccc(F)cc3)cc(-c3ccc(N4C(=O)C5CC=CC(C)C5C4=O)cc3)nc12. The van der Waals surface area contributed by atoms with Crippen LogP contribution in [-0.2, 0) is 14.3 Å². The van der Waals surface area contributed by atoms with Gasteiger partial charge in [-0.05, 0) is 89.3 Å². The van der Waals surface area contributed by atoms with Gasteiger partial charge >= 0.3 is 5.97 Å². The Morgan fingerprint density at radius 2 is 1.79 bits per heavy atom. The van der Waals surface area contributed by atoms with Gasteiger partial charge in [0, 0.05) is 33.3 Å². The van der Waals surface area contributed by atoms with Crippen LogP contribution in [-0.4, -0.2) is 40.5 Å². The van der Waals surface area contributed by atoms with Gasteiger partial charge in [0.25, 0.3) is 0 Å². The molecule has 3 aromatic carbocycles. The smallest absolute Gasteiger partial charge is 0.339 e. The molecular weight excluding hydrogens is 710 g/mol. The van der Waals surface area contributed by atoms with Crippen molar-refractivity contribution >= 4 is 79.3 Å². The minimum absolute atomic E-state index is 0.0282. The summed E-state index contributed by atoms with van der Waals surface area (Å²) in [4.78, 5) is 59.7. The van der Waals surface area contributed by atoms with E-state index in [0.717, 1.165) is 12.1 Å². The Labute approximate surface area is 288 Å². The number of esters is 1. The van der Waals surface area contributed by atoms with E-state index in [-0.39, 0.29) is 53.0 Å². The molecule has 0 N–H and O–H groups in total. The van der Waals surface area contributed by atoms with Crippen LogP contribution in [0.1, 0.15) is 46.0 Å². The molecule has 4 unspecified atom stereocenters. The fourth-order valence-electron chi connectivity index (χ4n) is 6.30. The second kappa shape index (κ2) is 13.3. The number of carbonyl (C=O) groups excluding carboxylic acids is 4. The molecule has 6 rings (SSSR count). The van der Waals surface area contributed by atoms with Gasteiger partial charge in [-0.15, -0.1) is 11.6 Å². The first-order valence-corrected chi connectivity index (χ1v) is 16.7. The van der Waals surface area contributed by atoms with Crippen LogP contribution in [0.2, 0.25) is 5.02 Å². The predicted octanol–water partition coefficient (Wildman–Crippen LogP) is 8.50. The van der Waals surface area contributed by atoms with E-state index in [1.54, 1.807) is 43.3 Å². The van der Waals surface area contributed by atoms with Crippen LogP contribution in [0.5, 0.6) is 0 Å². The third kappa shape index (κ3) is 6.12. The molecule has 1 fully saturated rings. The van der Waals surface area contributed by atoms with Gasteiger partial charge in [0.05, 0.1) is 39.3 Å². The number of allylic oxidation sites excluding steroid dienone is 2. The maximum Gasteiger partial charge on any atom is 0.339 e. The van der Waals surface area contributed by atoms with Crippen molar-refractivity contribution in [1.82, 2.24) is 4.98 Å². The summed E-state index contributed by atoms with van der Waals surface area (Å²) in [5.74, 6) is -2.96. The monoisotopic (exact) mass is 736 g/mol. The molecule has 47 heavy (non-hydrogen) atoms. The first-order chi connectivity index (χ1) is 22.5. The molecule has 4 aromatic rings. The molecule has 2 heterocycles. The number of hydrogen-bond donors (Lipinski definition) is 0. The Bertz CT molecular complexity index is 1970. The zero-order chi connectivity index (χ0) is 33.6. The number of fused-ring (bicyclic) bond motifs is 2. The van der Waals surface area contributed by atoms with Crippen LogP contribution >= 0.6 is 39.1 Å². The number of anilines is 1. The minimum atomic E-state index is -1.22. The minimum Gasteiger partial charge on any atom is -0.450 e. The number of carbonyl (C=O) groups is 4. The average molecular weight is 738 g/mol. The van der Waals surface area contributed by atoms with Gasteiger partial charge in [0.2, 0.25) is 17.6 Å². The molecule has 7 nitrogen and oxygen atoms in total. The summed E-state index contributed by atoms with van der Waals surface area (Å²) >= 11 is 16.0. The number of alkyl halides is 1. The Balaban J connectivity index is 1.36. The number of halogens is 4. The summed E-state index contributed by atoms with van der Waals surface area (Å²) in [5, 5.41) is 0.862. The summed E-state index contributed by atoms with van der Waals surface area (Å²) in [6.45, 7) is 3.72. The fraction of sp³-hybridized carbons (Fsp3) is 0.250. The Hall–Kier alpha value is -3.92. The summed E-state index contributed by atoms with van der Waals surface area (Å²) in [7, 11) is 0. The summed E-state index contributed by atoms with van der Waals surface area (Å²) < 4.78 is 19.8. The van der Waals surface area contributed by atoms with Crippen molar-refractivity contribution in [3.63, 3.8) is 0 Å². The van der Waals surface area contributed by atoms with E-state index in [1.807, 2.05) is 19.1 Å². The highest BCUT2D eigenvalue weighted by molar-refractivity contribution is 9.10. The number of hydrogen-bond acceptors (Lipinski definition) is 6. The number of aromatic nitrogens is 1. The van der Waals surface area contributed by atoms with Crippen LogP contribution in [0, 0.1) is 30.5 Å². The van der Waals surface area contributed by atoms with Crippen LogP contribution in [0.3, 0.4) is 0 Å². The summed E-state index contributed by atoms with van der Waals surface area (Å²) in [5.41, 5.74) is 2.84. The quantitative estimate of drug-likeness (QED) is 0.0592. The van der Waals surface area contributed by atoms with Gasteiger partial charge in [0.1, 0.15) is 5.82 Å². The number of rotatable bonds is 8. The lowest BCUT2D eigenvalue weighted by Gasteiger charge is -2.22. The zero-order valence-electron chi connectivity index (χ0n) is 25.3. The van der Waals surface area contributed by atoms with E-state index < -0.39 is 23.7 Å². The Morgan fingerprint density at radius 3 is 2.45 bits per heavy atom. The highest BCUT2D eigenvalue weighted by Crippen LogP contribution is 2.41. The number of Topliss-reactive ketones (excluding diaryl/α,β-unsaturated/α-hetero) is 1. The fourth-order valence-corrected chi connectivity index (χ4v) is 7.16. The first kappa shape index (κ1) is 33.0. The molecule has 4 atom stereocenters. The van der Waals surface area contributed by atoms with Crippen LogP contribution in [0.15, 0.2) is 77.3 Å². The molecule has 0 saturated carbocycles. The molecule has 240 valence electrons. The van der Waals surface area contributed by atoms with Crippen LogP contribution in [0.4, 0.5) is 10.1 Å². The van der Waals surface area contributed by atoms with Crippen LogP contribution < -0.4 is 4.90 Å². The van der Waals surface area contributed by atoms with Crippen molar-refractivity contribution in [2.24, 2.45) is 17.8 Å². The van der Waals surface area contributed by atoms with Crippen molar-refractivity contribution in [1.29, 1.82) is 0 Å². The van der Waals surface area contributed by atoms with E-state index >= 15 is 0 Å². The Kier molecular flexibility index (Phi) is 9.34. The summed E-state index contributed by atoms with van der Waals surface area (Å²) in [6.07, 6.45) is 3.30. The van der Waals surface area contributed by atoms with E-state index in [2.05, 4.69) is 15.9 Å². The van der Waals surface area contributed by atoms with Crippen molar-refractivity contribution in [2.75, 3.05) is 10.8 Å². The molecule has 2 amide bonds. The predicted molar refractivity (Wildman–Crippen MR) is 182 cm³/mol. The molecule has 1 saturated heterocycles. The molecule has 2 aliphatic rings. The number of pyridine rings is 1. The normalized spacial score (nSPS) is 19.6. The number of ketones is 1. The zero-order valence-corrected chi connectivity index (χ0v) is 28.4. The average Bonchev–Trinajstić information content (AvgIpc) is 3.33. The topological polar surface area (TPSA) is 93.6 Å². The molecular formula is C36H28BrCl2FN2O5. The number of imide groups is 1. The highest BCUT2D eigenvalue weighted by Gasteiger charge is 2.50. The molecule has 1 aliphatic heterocycles. The molecule has 1 aromatic heterocycles. The number of benzene rings is 3. The Morgan fingerprint density at radius 1 is 1.09 bits per heavy atom. The maximum atomic E-state index is 13.8. The van der Waals surface area contributed by atoms with E-state index in [4.69, 9.17) is 32.9 Å². The van der Waals surface area contributed by atoms with Gasteiger partial charge in [0.15, 0.2) is 6.10 Å². The number of aryl methyl sites for hydroxylation is 1. The van der Waals surface area contributed by atoms with E-state index in [1.165, 1.54) is 17.0 Å². The van der Waals surface area contributed by atoms with Crippen molar-refractivity contribution in [2.45, 2.75) is 32.8 Å². The lowest BCUT2D eigenvalue weighted by atomic mass is 9.78. The van der Waals surface area contributed by atoms with Gasteiger partial charge in [-0.1, -0.05) is 42.8 Å². The van der Waals surface area contributed by atoms with Crippen molar-refractivity contribution in [3.8, 4) is 11.3 Å². The second-order valence-corrected chi connectivity index (χ2v) is 13.3. The molecule has 0 radical (unpaired) electrons. The standard InChI is InChI=1S/C36H28BrCl2FN2O5/c1-18-4-3-5-24-30(18)35(45)42(34(24)44)23-12-8-20(9-13-23)28-17-26(25-16-27(37)31(39)19(2)32(25)41-28)36(46)47-29(14-15-38)33(43)21-6-10-22(40)11-7-21/h3-4,6-13,16-18,24,29-30H,5,14-15H2,1-2H3. The van der Waals surface area contributed by atoms with Crippen molar-refractivity contribution in [3.05, 3.63) is 105 Å². The van der Waals surface area contributed by atoms with Crippen LogP contribution in [0.25, 0.3) is 22.2 Å². The highest BCUT2D eigenvalue weighted by atomic mass is 79.9. The van der Waals surface area contributed by atoms with Crippen molar-refractivity contribution < 1.29 is 28.3 Å². The van der Waals surface area contributed by atoms with Gasteiger partial charge < -0.3 is 4.74 Å². The first-order valence-electron chi connectivity index (χ1n) is 15.0. The molecule has 11 heteroatoms. The maximum absolute atomic E-state index is 13.8. The molecule has 0 spiro atoms. The number of ether oxygens (including phenoxy) is 1. The number of amides is 2. The number of nitrogens with zero attached hydrogens (tertiary/aromatic N) is 2. The lowest BCUT2D eigenvalue weighted by molar-refractivity contribution is -0.122. The molecule has 0 bridgehead atoms. The lowest BCUT2D eigenvalue weighted by Crippen LogP contribution is -2.31. The van der Waals surface area contributed by atoms with E-state index in [0.29, 0.717) is 49.3 Å². The second-order valence-electron chi connectivity index (χ2n) is 11.7. The van der Waals surface area contributed by atoms with E-state index in [9.17, 15) is 23.6 Å². The third-order valence-corrected chi connectivity index (χ3v) is 10.3. The third-order valence-electron chi connectivity index (χ3n) is 8.78. The van der Waals surface area contributed by atoms with Gasteiger partial charge in [-0.25, -0.2) is 14.2 Å². The molecule has 1 aliphatic carbocycles. The van der Waals surface area contributed by atoms with Gasteiger partial charge in [-0.3, -0.25) is 19.3 Å².